The SMILES string of the molecule is CC(C)n1c(=O)n2n(c1=S)CCCC2. The number of nitrogens with zero attached hydrogens (tertiary/aromatic N) is 3. The van der Waals surface area contributed by atoms with Gasteiger partial charge in [0, 0.05) is 19.1 Å². The fraction of sp³-hybridized carbons (Fsp3) is 0.778. The van der Waals surface area contributed by atoms with Crippen molar-refractivity contribution in [2.45, 2.75) is 45.8 Å². The van der Waals surface area contributed by atoms with E-state index in [-0.39, 0.29) is 11.7 Å². The van der Waals surface area contributed by atoms with Crippen LogP contribution in [0.5, 0.6) is 0 Å². The van der Waals surface area contributed by atoms with Gasteiger partial charge in [-0.05, 0) is 38.9 Å². The Hall–Kier alpha value is -0.840. The van der Waals surface area contributed by atoms with Crippen molar-refractivity contribution in [2.75, 3.05) is 0 Å². The van der Waals surface area contributed by atoms with Crippen LogP contribution in [0.4, 0.5) is 0 Å². The molecule has 1 aromatic rings. The highest BCUT2D eigenvalue weighted by molar-refractivity contribution is 7.71. The van der Waals surface area contributed by atoms with E-state index in [0.29, 0.717) is 4.77 Å². The molecule has 0 atom stereocenters. The van der Waals surface area contributed by atoms with Gasteiger partial charge >= 0.3 is 5.69 Å². The second-order valence-electron chi connectivity index (χ2n) is 3.98. The van der Waals surface area contributed by atoms with E-state index in [0.717, 1.165) is 25.9 Å². The predicted octanol–water partition coefficient (Wildman–Crippen LogP) is 1.56. The van der Waals surface area contributed by atoms with Gasteiger partial charge in [0.2, 0.25) is 0 Å². The summed E-state index contributed by atoms with van der Waals surface area (Å²) in [5, 5.41) is 0. The van der Waals surface area contributed by atoms with E-state index in [4.69, 9.17) is 12.2 Å². The Kier molecular flexibility index (Phi) is 2.34. The lowest BCUT2D eigenvalue weighted by Gasteiger charge is -2.14. The molecule has 0 saturated carbocycles. The van der Waals surface area contributed by atoms with Gasteiger partial charge in [-0.3, -0.25) is 9.25 Å². The zero-order valence-corrected chi connectivity index (χ0v) is 9.38. The molecule has 1 aliphatic rings. The number of rotatable bonds is 1. The van der Waals surface area contributed by atoms with Crippen molar-refractivity contribution in [1.82, 2.24) is 13.9 Å². The Balaban J connectivity index is 2.70. The maximum atomic E-state index is 11.9. The van der Waals surface area contributed by atoms with E-state index in [9.17, 15) is 4.79 Å². The molecule has 0 fully saturated rings. The van der Waals surface area contributed by atoms with Crippen LogP contribution in [0.15, 0.2) is 4.79 Å². The fourth-order valence-electron chi connectivity index (χ4n) is 1.93. The second-order valence-corrected chi connectivity index (χ2v) is 4.35. The molecule has 2 heterocycles. The summed E-state index contributed by atoms with van der Waals surface area (Å²) in [7, 11) is 0. The first-order chi connectivity index (χ1) is 6.63. The summed E-state index contributed by atoms with van der Waals surface area (Å²) in [6, 6.07) is 0.153. The quantitative estimate of drug-likeness (QED) is 0.663. The standard InChI is InChI=1S/C9H15N3OS/c1-7(2)12-8(13)10-5-3-4-6-11(10)9(12)14/h7H,3-6H2,1-2H3. The Morgan fingerprint density at radius 2 is 1.79 bits per heavy atom. The van der Waals surface area contributed by atoms with E-state index in [2.05, 4.69) is 0 Å². The lowest BCUT2D eigenvalue weighted by Crippen LogP contribution is -2.30. The van der Waals surface area contributed by atoms with E-state index in [1.54, 1.807) is 9.25 Å². The van der Waals surface area contributed by atoms with E-state index in [1.165, 1.54) is 0 Å². The maximum absolute atomic E-state index is 11.9. The number of aromatic nitrogens is 3. The second kappa shape index (κ2) is 3.38. The van der Waals surface area contributed by atoms with Gasteiger partial charge in [0.15, 0.2) is 4.77 Å². The number of hydrogen-bond donors (Lipinski definition) is 0. The Morgan fingerprint density at radius 1 is 1.21 bits per heavy atom. The molecule has 5 heteroatoms. The Labute approximate surface area is 87.7 Å². The van der Waals surface area contributed by atoms with Crippen LogP contribution in [0, 0.1) is 4.77 Å². The van der Waals surface area contributed by atoms with Crippen LogP contribution >= 0.6 is 12.2 Å². The van der Waals surface area contributed by atoms with Gasteiger partial charge in [0.25, 0.3) is 0 Å². The minimum atomic E-state index is 0.0460. The molecule has 0 aliphatic carbocycles. The third kappa shape index (κ3) is 1.27. The van der Waals surface area contributed by atoms with Crippen molar-refractivity contribution in [1.29, 1.82) is 0 Å². The molecular weight excluding hydrogens is 198 g/mol. The van der Waals surface area contributed by atoms with Gasteiger partial charge in [0.1, 0.15) is 0 Å². The Bertz CT molecular complexity index is 414. The highest BCUT2D eigenvalue weighted by Crippen LogP contribution is 2.09. The van der Waals surface area contributed by atoms with Crippen LogP contribution < -0.4 is 5.69 Å². The number of fused-ring (bicyclic) bond motifs is 1. The number of hydrogen-bond acceptors (Lipinski definition) is 2. The van der Waals surface area contributed by atoms with Crippen LogP contribution in [-0.2, 0) is 13.1 Å². The molecular formula is C9H15N3OS. The van der Waals surface area contributed by atoms with E-state index in [1.807, 2.05) is 18.5 Å². The van der Waals surface area contributed by atoms with E-state index < -0.39 is 0 Å². The Morgan fingerprint density at radius 3 is 2.29 bits per heavy atom. The van der Waals surface area contributed by atoms with Gasteiger partial charge in [0.05, 0.1) is 0 Å². The average Bonchev–Trinajstić information content (AvgIpc) is 2.41. The van der Waals surface area contributed by atoms with Crippen molar-refractivity contribution >= 4 is 12.2 Å². The third-order valence-corrected chi connectivity index (χ3v) is 3.06. The fourth-order valence-corrected chi connectivity index (χ4v) is 2.41. The van der Waals surface area contributed by atoms with Crippen LogP contribution in [0.25, 0.3) is 0 Å². The molecule has 0 radical (unpaired) electrons. The molecule has 2 rings (SSSR count). The monoisotopic (exact) mass is 213 g/mol. The van der Waals surface area contributed by atoms with Crippen LogP contribution in [0.3, 0.4) is 0 Å². The largest absolute Gasteiger partial charge is 0.345 e. The van der Waals surface area contributed by atoms with Crippen molar-refractivity contribution < 1.29 is 0 Å². The zero-order chi connectivity index (χ0) is 10.3. The topological polar surface area (TPSA) is 31.9 Å². The van der Waals surface area contributed by atoms with Crippen LogP contribution in [-0.4, -0.2) is 13.9 Å². The van der Waals surface area contributed by atoms with Gasteiger partial charge in [-0.1, -0.05) is 0 Å². The summed E-state index contributed by atoms with van der Waals surface area (Å²) < 4.78 is 6.07. The van der Waals surface area contributed by atoms with Crippen LogP contribution in [0.2, 0.25) is 0 Å². The van der Waals surface area contributed by atoms with Gasteiger partial charge in [-0.2, -0.15) is 0 Å². The normalized spacial score (nSPS) is 15.9. The molecule has 1 aromatic heterocycles. The van der Waals surface area contributed by atoms with Crippen molar-refractivity contribution in [3.8, 4) is 0 Å². The minimum absolute atomic E-state index is 0.0460. The van der Waals surface area contributed by atoms with Crippen molar-refractivity contribution in [3.05, 3.63) is 15.3 Å². The summed E-state index contributed by atoms with van der Waals surface area (Å²) in [5.74, 6) is 0. The van der Waals surface area contributed by atoms with Crippen molar-refractivity contribution in [3.63, 3.8) is 0 Å². The first-order valence-electron chi connectivity index (χ1n) is 5.05. The molecule has 0 unspecified atom stereocenters. The molecule has 14 heavy (non-hydrogen) atoms. The molecule has 1 aliphatic heterocycles. The summed E-state index contributed by atoms with van der Waals surface area (Å²) in [4.78, 5) is 11.9. The summed E-state index contributed by atoms with van der Waals surface area (Å²) >= 11 is 5.28. The average molecular weight is 213 g/mol. The van der Waals surface area contributed by atoms with Gasteiger partial charge in [-0.15, -0.1) is 0 Å². The highest BCUT2D eigenvalue weighted by atomic mass is 32.1. The molecule has 4 nitrogen and oxygen atoms in total. The predicted molar refractivity (Wildman–Crippen MR) is 57.1 cm³/mol. The molecule has 0 saturated heterocycles. The summed E-state index contributed by atoms with van der Waals surface area (Å²) in [6.45, 7) is 5.67. The maximum Gasteiger partial charge on any atom is 0.345 e. The zero-order valence-electron chi connectivity index (χ0n) is 8.56. The molecule has 78 valence electrons. The highest BCUT2D eigenvalue weighted by Gasteiger charge is 2.17. The molecule has 0 amide bonds. The minimum Gasteiger partial charge on any atom is -0.265 e. The first kappa shape index (κ1) is 9.71. The van der Waals surface area contributed by atoms with Crippen molar-refractivity contribution in [2.24, 2.45) is 0 Å². The van der Waals surface area contributed by atoms with Gasteiger partial charge < -0.3 is 0 Å². The molecule has 0 spiro atoms. The third-order valence-electron chi connectivity index (χ3n) is 2.65. The first-order valence-corrected chi connectivity index (χ1v) is 5.46. The lowest BCUT2D eigenvalue weighted by molar-refractivity contribution is 0.352. The smallest absolute Gasteiger partial charge is 0.265 e. The van der Waals surface area contributed by atoms with E-state index >= 15 is 0 Å². The van der Waals surface area contributed by atoms with Crippen LogP contribution in [0.1, 0.15) is 32.7 Å². The summed E-state index contributed by atoms with van der Waals surface area (Å²) in [6.07, 6.45) is 2.20. The lowest BCUT2D eigenvalue weighted by atomic mass is 10.3. The van der Waals surface area contributed by atoms with Gasteiger partial charge in [-0.25, -0.2) is 9.48 Å². The molecule has 0 N–H and O–H groups in total. The molecule has 0 aromatic carbocycles. The molecule has 0 bridgehead atoms. The summed E-state index contributed by atoms with van der Waals surface area (Å²) in [5.41, 5.74) is 0.0460.